The van der Waals surface area contributed by atoms with E-state index in [2.05, 4.69) is 19.9 Å². The molecular weight excluding hydrogens is 259 g/mol. The van der Waals surface area contributed by atoms with Crippen LogP contribution in [0.3, 0.4) is 0 Å². The van der Waals surface area contributed by atoms with Crippen molar-refractivity contribution in [2.24, 2.45) is 0 Å². The van der Waals surface area contributed by atoms with Gasteiger partial charge in [-0.1, -0.05) is 0 Å². The van der Waals surface area contributed by atoms with Gasteiger partial charge in [-0.05, 0) is 12.1 Å². The van der Waals surface area contributed by atoms with Crippen molar-refractivity contribution in [1.82, 2.24) is 15.0 Å². The maximum Gasteiger partial charge on any atom is 0.232 e. The molecule has 0 spiro atoms. The van der Waals surface area contributed by atoms with Gasteiger partial charge in [-0.3, -0.25) is 4.98 Å². The molecule has 2 aromatic rings. The third-order valence-corrected chi connectivity index (χ3v) is 3.30. The van der Waals surface area contributed by atoms with Crippen LogP contribution < -0.4 is 9.64 Å². The highest BCUT2D eigenvalue weighted by molar-refractivity contribution is 5.38. The van der Waals surface area contributed by atoms with Gasteiger partial charge in [0.05, 0.1) is 12.4 Å². The summed E-state index contributed by atoms with van der Waals surface area (Å²) in [7, 11) is 0. The molecule has 0 atom stereocenters. The zero-order valence-corrected chi connectivity index (χ0v) is 10.9. The summed E-state index contributed by atoms with van der Waals surface area (Å²) in [5, 5.41) is 0. The standard InChI is InChI=1S/C14H15FN4O/c15-11-1-2-13(18-9-11)19-7-3-12(4-8-19)20-14-10-16-5-6-17-14/h1-2,5-6,9-10,12H,3-4,7-8H2. The highest BCUT2D eigenvalue weighted by Gasteiger charge is 2.21. The summed E-state index contributed by atoms with van der Waals surface area (Å²) in [5.41, 5.74) is 0. The fourth-order valence-corrected chi connectivity index (χ4v) is 2.27. The first-order chi connectivity index (χ1) is 9.81. The van der Waals surface area contributed by atoms with Crippen molar-refractivity contribution >= 4 is 5.82 Å². The number of ether oxygens (including phenoxy) is 1. The Labute approximate surface area is 116 Å². The molecule has 3 heterocycles. The highest BCUT2D eigenvalue weighted by Crippen LogP contribution is 2.20. The number of hydrogen-bond donors (Lipinski definition) is 0. The topological polar surface area (TPSA) is 51.1 Å². The van der Waals surface area contributed by atoms with Crippen LogP contribution in [0.1, 0.15) is 12.8 Å². The summed E-state index contributed by atoms with van der Waals surface area (Å²) < 4.78 is 18.6. The summed E-state index contributed by atoms with van der Waals surface area (Å²) in [6, 6.07) is 3.14. The van der Waals surface area contributed by atoms with Crippen molar-refractivity contribution in [3.05, 3.63) is 42.7 Å². The molecule has 0 radical (unpaired) electrons. The Morgan fingerprint density at radius 2 is 1.95 bits per heavy atom. The average Bonchev–Trinajstić information content (AvgIpc) is 2.50. The first-order valence-electron chi connectivity index (χ1n) is 6.60. The lowest BCUT2D eigenvalue weighted by molar-refractivity contribution is 0.163. The van der Waals surface area contributed by atoms with Crippen molar-refractivity contribution in [3.63, 3.8) is 0 Å². The van der Waals surface area contributed by atoms with E-state index >= 15 is 0 Å². The molecule has 1 aliphatic rings. The van der Waals surface area contributed by atoms with Gasteiger partial charge < -0.3 is 9.64 Å². The van der Waals surface area contributed by atoms with E-state index in [1.54, 1.807) is 24.7 Å². The number of anilines is 1. The zero-order valence-electron chi connectivity index (χ0n) is 10.9. The molecule has 1 fully saturated rings. The molecule has 1 saturated heterocycles. The molecule has 0 aromatic carbocycles. The van der Waals surface area contributed by atoms with Crippen LogP contribution in [0.25, 0.3) is 0 Å². The molecule has 0 unspecified atom stereocenters. The van der Waals surface area contributed by atoms with E-state index < -0.39 is 0 Å². The third-order valence-electron chi connectivity index (χ3n) is 3.30. The van der Waals surface area contributed by atoms with Crippen LogP contribution in [-0.4, -0.2) is 34.1 Å². The maximum atomic E-state index is 12.8. The second-order valence-corrected chi connectivity index (χ2v) is 4.68. The molecule has 0 amide bonds. The lowest BCUT2D eigenvalue weighted by Crippen LogP contribution is -2.38. The minimum absolute atomic E-state index is 0.142. The first-order valence-corrected chi connectivity index (χ1v) is 6.60. The average molecular weight is 274 g/mol. The number of piperidine rings is 1. The SMILES string of the molecule is Fc1ccc(N2CCC(Oc3cnccn3)CC2)nc1. The zero-order chi connectivity index (χ0) is 13.8. The Balaban J connectivity index is 1.55. The molecule has 104 valence electrons. The molecule has 1 aliphatic heterocycles. The highest BCUT2D eigenvalue weighted by atomic mass is 19.1. The minimum Gasteiger partial charge on any atom is -0.473 e. The summed E-state index contributed by atoms with van der Waals surface area (Å²) in [6.45, 7) is 1.67. The summed E-state index contributed by atoms with van der Waals surface area (Å²) in [4.78, 5) is 14.3. The van der Waals surface area contributed by atoms with Crippen LogP contribution in [0, 0.1) is 5.82 Å². The van der Waals surface area contributed by atoms with Crippen LogP contribution in [0.4, 0.5) is 10.2 Å². The number of hydrogen-bond acceptors (Lipinski definition) is 5. The van der Waals surface area contributed by atoms with Gasteiger partial charge in [-0.25, -0.2) is 14.4 Å². The van der Waals surface area contributed by atoms with Gasteiger partial charge in [0.2, 0.25) is 5.88 Å². The molecule has 20 heavy (non-hydrogen) atoms. The molecular formula is C14H15FN4O. The Morgan fingerprint density at radius 1 is 1.10 bits per heavy atom. The molecule has 6 heteroatoms. The van der Waals surface area contributed by atoms with E-state index in [-0.39, 0.29) is 11.9 Å². The van der Waals surface area contributed by atoms with Gasteiger partial charge in [-0.15, -0.1) is 0 Å². The van der Waals surface area contributed by atoms with Crippen molar-refractivity contribution in [2.75, 3.05) is 18.0 Å². The van der Waals surface area contributed by atoms with Crippen molar-refractivity contribution < 1.29 is 9.13 Å². The molecule has 2 aromatic heterocycles. The summed E-state index contributed by atoms with van der Waals surface area (Å²) in [6.07, 6.45) is 8.02. The van der Waals surface area contributed by atoms with Crippen LogP contribution in [0.2, 0.25) is 0 Å². The predicted molar refractivity (Wildman–Crippen MR) is 72.1 cm³/mol. The fraction of sp³-hybridized carbons (Fsp3) is 0.357. The molecule has 0 aliphatic carbocycles. The van der Waals surface area contributed by atoms with Crippen LogP contribution >= 0.6 is 0 Å². The molecule has 3 rings (SSSR count). The smallest absolute Gasteiger partial charge is 0.232 e. The van der Waals surface area contributed by atoms with Gasteiger partial charge in [0.1, 0.15) is 17.7 Å². The third kappa shape index (κ3) is 3.01. The van der Waals surface area contributed by atoms with Gasteiger partial charge >= 0.3 is 0 Å². The summed E-state index contributed by atoms with van der Waals surface area (Å²) >= 11 is 0. The molecule has 0 N–H and O–H groups in total. The van der Waals surface area contributed by atoms with Gasteiger partial charge in [0.25, 0.3) is 0 Å². The van der Waals surface area contributed by atoms with E-state index in [0.717, 1.165) is 31.7 Å². The largest absolute Gasteiger partial charge is 0.473 e. The van der Waals surface area contributed by atoms with Gasteiger partial charge in [0.15, 0.2) is 0 Å². The van der Waals surface area contributed by atoms with Gasteiger partial charge in [-0.2, -0.15) is 0 Å². The molecule has 0 saturated carbocycles. The lowest BCUT2D eigenvalue weighted by atomic mass is 10.1. The van der Waals surface area contributed by atoms with E-state index in [4.69, 9.17) is 4.74 Å². The second kappa shape index (κ2) is 5.81. The van der Waals surface area contributed by atoms with Crippen LogP contribution in [0.15, 0.2) is 36.9 Å². The monoisotopic (exact) mass is 274 g/mol. The van der Waals surface area contributed by atoms with Crippen molar-refractivity contribution in [1.29, 1.82) is 0 Å². The Hall–Kier alpha value is -2.24. The summed E-state index contributed by atoms with van der Waals surface area (Å²) in [5.74, 6) is 1.06. The Bertz CT molecular complexity index is 541. The quantitative estimate of drug-likeness (QED) is 0.857. The van der Waals surface area contributed by atoms with E-state index in [9.17, 15) is 4.39 Å². The number of aromatic nitrogens is 3. The lowest BCUT2D eigenvalue weighted by Gasteiger charge is -2.32. The number of pyridine rings is 1. The number of halogens is 1. The number of rotatable bonds is 3. The Morgan fingerprint density at radius 3 is 2.60 bits per heavy atom. The van der Waals surface area contributed by atoms with Crippen molar-refractivity contribution in [3.8, 4) is 5.88 Å². The molecule has 5 nitrogen and oxygen atoms in total. The van der Waals surface area contributed by atoms with Crippen molar-refractivity contribution in [2.45, 2.75) is 18.9 Å². The van der Waals surface area contributed by atoms with Crippen LogP contribution in [0.5, 0.6) is 5.88 Å². The normalized spacial score (nSPS) is 16.1. The van der Waals surface area contributed by atoms with Crippen LogP contribution in [-0.2, 0) is 0 Å². The number of nitrogens with zero attached hydrogens (tertiary/aromatic N) is 4. The maximum absolute atomic E-state index is 12.8. The van der Waals surface area contributed by atoms with E-state index in [0.29, 0.717) is 5.88 Å². The van der Waals surface area contributed by atoms with Gasteiger partial charge in [0, 0.05) is 38.3 Å². The Kier molecular flexibility index (Phi) is 3.71. The van der Waals surface area contributed by atoms with E-state index in [1.807, 2.05) is 0 Å². The second-order valence-electron chi connectivity index (χ2n) is 4.68. The molecule has 0 bridgehead atoms. The first kappa shape index (κ1) is 12.8. The fourth-order valence-electron chi connectivity index (χ4n) is 2.27. The minimum atomic E-state index is -0.311. The van der Waals surface area contributed by atoms with E-state index in [1.165, 1.54) is 12.3 Å². The predicted octanol–water partition coefficient (Wildman–Crippen LogP) is 2.06.